The Balaban J connectivity index is 1.32. The number of alkyl carbamates (subject to hydrolysis) is 1. The van der Waals surface area contributed by atoms with E-state index in [-0.39, 0.29) is 29.2 Å². The number of alkyl halides is 2. The van der Waals surface area contributed by atoms with Gasteiger partial charge in [-0.2, -0.15) is 8.78 Å². The minimum absolute atomic E-state index is 0.1000. The standard InChI is InChI=1S/C25H22F2N4O5/c26-20(27)22-30-29-21(36-22)15-10-11-16-17(12-15)24(33)31(23(16)32)19-9-5-4-8-18(19)28-25(34)35-13-14-6-2-1-3-7-14/h1-3,6-7,10-12,18-20H,4-5,8-9,13H2,(H,28,34)/t18-,19?/m0/s1. The Morgan fingerprint density at radius 1 is 1.06 bits per heavy atom. The molecule has 9 nitrogen and oxygen atoms in total. The lowest BCUT2D eigenvalue weighted by Gasteiger charge is -2.36. The highest BCUT2D eigenvalue weighted by Crippen LogP contribution is 2.34. The first-order valence-corrected chi connectivity index (χ1v) is 11.5. The van der Waals surface area contributed by atoms with Gasteiger partial charge in [0, 0.05) is 5.56 Å². The molecule has 1 N–H and O–H groups in total. The number of rotatable bonds is 6. The molecule has 0 spiro atoms. The van der Waals surface area contributed by atoms with Crippen LogP contribution in [0.3, 0.4) is 0 Å². The van der Waals surface area contributed by atoms with Crippen molar-refractivity contribution in [3.8, 4) is 11.5 Å². The van der Waals surface area contributed by atoms with Gasteiger partial charge in [-0.25, -0.2) is 4.79 Å². The van der Waals surface area contributed by atoms with Gasteiger partial charge in [0.15, 0.2) is 0 Å². The number of hydrogen-bond donors (Lipinski definition) is 1. The first-order valence-electron chi connectivity index (χ1n) is 11.5. The van der Waals surface area contributed by atoms with Gasteiger partial charge in [-0.05, 0) is 36.6 Å². The first kappa shape index (κ1) is 23.6. The number of fused-ring (bicyclic) bond motifs is 1. The molecule has 0 saturated heterocycles. The SMILES string of the molecule is O=C(N[C@H]1CCCCC1N1C(=O)c2ccc(-c3nnc(C(F)F)o3)cc2C1=O)OCc1ccccc1. The van der Waals surface area contributed by atoms with Gasteiger partial charge in [-0.15, -0.1) is 10.2 Å². The maximum Gasteiger partial charge on any atom is 0.407 e. The van der Waals surface area contributed by atoms with Crippen molar-refractivity contribution in [1.82, 2.24) is 20.4 Å². The molecule has 36 heavy (non-hydrogen) atoms. The Morgan fingerprint density at radius 3 is 2.56 bits per heavy atom. The predicted octanol–water partition coefficient (Wildman–Crippen LogP) is 4.51. The zero-order valence-corrected chi connectivity index (χ0v) is 19.0. The van der Waals surface area contributed by atoms with Crippen molar-refractivity contribution in [2.45, 2.75) is 50.8 Å². The normalized spacial score (nSPS) is 19.5. The molecule has 11 heteroatoms. The minimum Gasteiger partial charge on any atom is -0.445 e. The van der Waals surface area contributed by atoms with Crippen LogP contribution < -0.4 is 5.32 Å². The van der Waals surface area contributed by atoms with Gasteiger partial charge in [0.2, 0.25) is 5.89 Å². The molecule has 1 aliphatic carbocycles. The first-order chi connectivity index (χ1) is 17.4. The van der Waals surface area contributed by atoms with Crippen LogP contribution in [-0.4, -0.2) is 45.1 Å². The summed E-state index contributed by atoms with van der Waals surface area (Å²) in [5.41, 5.74) is 1.39. The molecule has 1 aliphatic heterocycles. The third kappa shape index (κ3) is 4.56. The van der Waals surface area contributed by atoms with Crippen LogP contribution in [0.1, 0.15) is 64.3 Å². The summed E-state index contributed by atoms with van der Waals surface area (Å²) in [5.74, 6) is -2.01. The molecule has 1 unspecified atom stereocenters. The number of benzene rings is 2. The summed E-state index contributed by atoms with van der Waals surface area (Å²) < 4.78 is 35.9. The molecule has 3 aromatic rings. The summed E-state index contributed by atoms with van der Waals surface area (Å²) in [6.07, 6.45) is -0.808. The van der Waals surface area contributed by atoms with E-state index in [4.69, 9.17) is 9.15 Å². The van der Waals surface area contributed by atoms with Crippen molar-refractivity contribution in [2.75, 3.05) is 0 Å². The van der Waals surface area contributed by atoms with Crippen LogP contribution in [0.2, 0.25) is 0 Å². The number of aromatic nitrogens is 2. The van der Waals surface area contributed by atoms with Gasteiger partial charge in [-0.1, -0.05) is 43.2 Å². The van der Waals surface area contributed by atoms with Crippen molar-refractivity contribution >= 4 is 17.9 Å². The summed E-state index contributed by atoms with van der Waals surface area (Å²) in [5, 5.41) is 9.72. The van der Waals surface area contributed by atoms with Gasteiger partial charge in [-0.3, -0.25) is 14.5 Å². The average Bonchev–Trinajstić information content (AvgIpc) is 3.48. The maximum atomic E-state index is 13.3. The fraction of sp³-hybridized carbons (Fsp3) is 0.320. The van der Waals surface area contributed by atoms with Gasteiger partial charge in [0.1, 0.15) is 6.61 Å². The maximum absolute atomic E-state index is 13.3. The highest BCUT2D eigenvalue weighted by atomic mass is 19.3. The number of carbonyl (C=O) groups is 3. The van der Waals surface area contributed by atoms with Crippen molar-refractivity contribution in [3.05, 3.63) is 71.1 Å². The van der Waals surface area contributed by atoms with Crippen molar-refractivity contribution in [1.29, 1.82) is 0 Å². The van der Waals surface area contributed by atoms with Crippen LogP contribution >= 0.6 is 0 Å². The Morgan fingerprint density at radius 2 is 1.81 bits per heavy atom. The second-order valence-electron chi connectivity index (χ2n) is 8.65. The molecule has 2 aromatic carbocycles. The lowest BCUT2D eigenvalue weighted by atomic mass is 9.89. The van der Waals surface area contributed by atoms with Crippen LogP contribution in [0, 0.1) is 0 Å². The average molecular weight is 496 g/mol. The molecule has 2 heterocycles. The van der Waals surface area contributed by atoms with E-state index in [1.807, 2.05) is 30.3 Å². The Bertz CT molecular complexity index is 1300. The molecular weight excluding hydrogens is 474 g/mol. The summed E-state index contributed by atoms with van der Waals surface area (Å²) >= 11 is 0. The Labute approximate surface area is 204 Å². The van der Waals surface area contributed by atoms with Crippen molar-refractivity contribution < 1.29 is 32.3 Å². The fourth-order valence-electron chi connectivity index (χ4n) is 4.64. The summed E-state index contributed by atoms with van der Waals surface area (Å²) in [7, 11) is 0. The Kier molecular flexibility index (Phi) is 6.45. The lowest BCUT2D eigenvalue weighted by Crippen LogP contribution is -2.55. The lowest BCUT2D eigenvalue weighted by molar-refractivity contribution is 0.0493. The number of nitrogens with one attached hydrogen (secondary N) is 1. The molecule has 2 aliphatic rings. The summed E-state index contributed by atoms with van der Waals surface area (Å²) in [6, 6.07) is 12.5. The predicted molar refractivity (Wildman–Crippen MR) is 121 cm³/mol. The van der Waals surface area contributed by atoms with Gasteiger partial charge in [0.25, 0.3) is 17.7 Å². The van der Waals surface area contributed by atoms with E-state index in [2.05, 4.69) is 15.5 Å². The molecule has 0 radical (unpaired) electrons. The number of hydrogen-bond acceptors (Lipinski definition) is 7. The smallest absolute Gasteiger partial charge is 0.407 e. The quantitative estimate of drug-likeness (QED) is 0.500. The van der Waals surface area contributed by atoms with Crippen LogP contribution in [0.4, 0.5) is 13.6 Å². The number of ether oxygens (including phenoxy) is 1. The van der Waals surface area contributed by atoms with E-state index in [1.54, 1.807) is 0 Å². The zero-order valence-electron chi connectivity index (χ0n) is 19.0. The molecule has 1 aromatic heterocycles. The second-order valence-corrected chi connectivity index (χ2v) is 8.65. The third-order valence-electron chi connectivity index (χ3n) is 6.37. The van der Waals surface area contributed by atoms with Crippen molar-refractivity contribution in [3.63, 3.8) is 0 Å². The van der Waals surface area contributed by atoms with Crippen LogP contribution in [0.25, 0.3) is 11.5 Å². The molecule has 1 fully saturated rings. The topological polar surface area (TPSA) is 115 Å². The second kappa shape index (κ2) is 9.84. The molecule has 2 atom stereocenters. The minimum atomic E-state index is -2.92. The number of carbonyl (C=O) groups excluding carboxylic acids is 3. The highest BCUT2D eigenvalue weighted by molar-refractivity contribution is 6.22. The molecular formula is C25H22F2N4O5. The van der Waals surface area contributed by atoms with Crippen LogP contribution in [0.15, 0.2) is 52.9 Å². The van der Waals surface area contributed by atoms with E-state index in [0.717, 1.165) is 18.4 Å². The number of amides is 3. The van der Waals surface area contributed by atoms with E-state index in [0.29, 0.717) is 12.8 Å². The largest absolute Gasteiger partial charge is 0.445 e. The highest BCUT2D eigenvalue weighted by Gasteiger charge is 2.44. The molecule has 0 bridgehead atoms. The zero-order chi connectivity index (χ0) is 25.2. The van der Waals surface area contributed by atoms with E-state index < -0.39 is 42.3 Å². The Hall–Kier alpha value is -4.15. The molecule has 5 rings (SSSR count). The van der Waals surface area contributed by atoms with E-state index >= 15 is 0 Å². The molecule has 3 amide bonds. The number of imide groups is 1. The van der Waals surface area contributed by atoms with Crippen LogP contribution in [0.5, 0.6) is 0 Å². The van der Waals surface area contributed by atoms with Crippen LogP contribution in [-0.2, 0) is 11.3 Å². The van der Waals surface area contributed by atoms with Gasteiger partial charge >= 0.3 is 12.5 Å². The van der Waals surface area contributed by atoms with Crippen molar-refractivity contribution in [2.24, 2.45) is 0 Å². The summed E-state index contributed by atoms with van der Waals surface area (Å²) in [4.78, 5) is 40.2. The fourth-order valence-corrected chi connectivity index (χ4v) is 4.64. The van der Waals surface area contributed by atoms with Gasteiger partial charge in [0.05, 0.1) is 23.2 Å². The molecule has 1 saturated carbocycles. The van der Waals surface area contributed by atoms with E-state index in [9.17, 15) is 23.2 Å². The van der Waals surface area contributed by atoms with E-state index in [1.165, 1.54) is 23.1 Å². The third-order valence-corrected chi connectivity index (χ3v) is 6.37. The number of halogens is 2. The number of nitrogens with zero attached hydrogens (tertiary/aromatic N) is 3. The molecule has 186 valence electrons. The summed E-state index contributed by atoms with van der Waals surface area (Å²) in [6.45, 7) is 0.1000. The monoisotopic (exact) mass is 496 g/mol. The van der Waals surface area contributed by atoms with Gasteiger partial charge < -0.3 is 14.5 Å².